The summed E-state index contributed by atoms with van der Waals surface area (Å²) in [5.41, 5.74) is 0.0194. The Balaban J connectivity index is 1.72. The Morgan fingerprint density at radius 2 is 2.03 bits per heavy atom. The SMILES string of the molecule is CC1COCCN1c1cc(C2(S(C)(=O)=O)CC2)cc(Nc2ccnn2C(=O)OC(C)(C)C)n1. The van der Waals surface area contributed by atoms with Crippen LogP contribution in [0.2, 0.25) is 0 Å². The number of nitrogens with one attached hydrogen (secondary N) is 1. The first kappa shape index (κ1) is 23.5. The molecule has 2 aromatic rings. The predicted molar refractivity (Wildman–Crippen MR) is 125 cm³/mol. The van der Waals surface area contributed by atoms with Crippen LogP contribution in [0.5, 0.6) is 0 Å². The molecule has 0 radical (unpaired) electrons. The van der Waals surface area contributed by atoms with Gasteiger partial charge in [-0.25, -0.2) is 18.2 Å². The van der Waals surface area contributed by atoms with Gasteiger partial charge in [0.1, 0.15) is 23.1 Å². The lowest BCUT2D eigenvalue weighted by Gasteiger charge is -2.35. The van der Waals surface area contributed by atoms with Crippen molar-refractivity contribution in [3.8, 4) is 0 Å². The lowest BCUT2D eigenvalue weighted by molar-refractivity contribution is 0.0519. The van der Waals surface area contributed by atoms with Crippen LogP contribution >= 0.6 is 0 Å². The first-order chi connectivity index (χ1) is 15.4. The number of aromatic nitrogens is 3. The zero-order chi connectivity index (χ0) is 24.0. The molecule has 0 spiro atoms. The maximum absolute atomic E-state index is 12.6. The number of hydrogen-bond donors (Lipinski definition) is 1. The number of sulfone groups is 1. The second-order valence-corrected chi connectivity index (χ2v) is 12.0. The van der Waals surface area contributed by atoms with Crippen LogP contribution in [-0.4, -0.2) is 66.9 Å². The lowest BCUT2D eigenvalue weighted by Crippen LogP contribution is -2.44. The molecule has 1 aliphatic carbocycles. The van der Waals surface area contributed by atoms with Crippen molar-refractivity contribution in [3.05, 3.63) is 30.0 Å². The third-order valence-corrected chi connectivity index (χ3v) is 7.94. The van der Waals surface area contributed by atoms with Crippen LogP contribution < -0.4 is 10.2 Å². The largest absolute Gasteiger partial charge is 0.442 e. The summed E-state index contributed by atoms with van der Waals surface area (Å²) in [6, 6.07) is 5.34. The molecule has 1 atom stereocenters. The minimum absolute atomic E-state index is 0.0926. The molecule has 1 N–H and O–H groups in total. The molecule has 1 saturated carbocycles. The van der Waals surface area contributed by atoms with E-state index in [2.05, 4.69) is 15.3 Å². The van der Waals surface area contributed by atoms with E-state index >= 15 is 0 Å². The maximum Gasteiger partial charge on any atom is 0.437 e. The van der Waals surface area contributed by atoms with Crippen molar-refractivity contribution in [2.24, 2.45) is 0 Å². The Hall–Kier alpha value is -2.66. The van der Waals surface area contributed by atoms with Crippen molar-refractivity contribution in [2.45, 2.75) is 56.9 Å². The van der Waals surface area contributed by atoms with E-state index in [1.165, 1.54) is 12.5 Å². The molecule has 1 saturated heterocycles. The van der Waals surface area contributed by atoms with Crippen molar-refractivity contribution < 1.29 is 22.7 Å². The fraction of sp³-hybridized carbons (Fsp3) is 0.591. The number of hydrogen-bond acceptors (Lipinski definition) is 9. The van der Waals surface area contributed by atoms with Gasteiger partial charge in [0.25, 0.3) is 0 Å². The van der Waals surface area contributed by atoms with Gasteiger partial charge in [-0.2, -0.15) is 5.10 Å². The Morgan fingerprint density at radius 3 is 2.64 bits per heavy atom. The fourth-order valence-corrected chi connectivity index (χ4v) is 5.41. The molecule has 3 heterocycles. The second kappa shape index (κ2) is 8.28. The zero-order valence-electron chi connectivity index (χ0n) is 19.7. The number of anilines is 3. The molecule has 0 aromatic carbocycles. The van der Waals surface area contributed by atoms with Crippen LogP contribution in [0.3, 0.4) is 0 Å². The van der Waals surface area contributed by atoms with Crippen LogP contribution in [0.4, 0.5) is 22.2 Å². The van der Waals surface area contributed by atoms with Gasteiger partial charge in [-0.05, 0) is 58.2 Å². The van der Waals surface area contributed by atoms with Gasteiger partial charge >= 0.3 is 6.09 Å². The normalized spacial score (nSPS) is 20.4. The monoisotopic (exact) mass is 477 g/mol. The number of pyridine rings is 1. The fourth-order valence-electron chi connectivity index (χ4n) is 4.02. The summed E-state index contributed by atoms with van der Waals surface area (Å²) in [6.45, 7) is 9.17. The highest BCUT2D eigenvalue weighted by molar-refractivity contribution is 7.92. The molecular formula is C22H31N5O5S. The molecule has 0 amide bonds. The third-order valence-electron chi connectivity index (χ3n) is 5.88. The molecule has 33 heavy (non-hydrogen) atoms. The summed E-state index contributed by atoms with van der Waals surface area (Å²) in [7, 11) is -3.32. The lowest BCUT2D eigenvalue weighted by atomic mass is 10.1. The molecule has 4 rings (SSSR count). The van der Waals surface area contributed by atoms with Crippen LogP contribution in [0.25, 0.3) is 0 Å². The van der Waals surface area contributed by atoms with E-state index in [4.69, 9.17) is 14.5 Å². The van der Waals surface area contributed by atoms with E-state index in [9.17, 15) is 13.2 Å². The van der Waals surface area contributed by atoms with E-state index in [1.54, 1.807) is 32.9 Å². The van der Waals surface area contributed by atoms with Gasteiger partial charge in [0, 0.05) is 18.9 Å². The standard InChI is InChI=1S/C22H31N5O5S/c1-15-14-31-11-10-26(15)19-13-16(22(7-8-22)33(5,29)30)12-17(25-19)24-18-6-9-23-27(18)20(28)32-21(2,3)4/h6,9,12-13,15H,7-8,10-11,14H2,1-5H3,(H,24,25). The van der Waals surface area contributed by atoms with Crippen molar-refractivity contribution in [1.29, 1.82) is 0 Å². The average Bonchev–Trinajstić information content (AvgIpc) is 3.41. The highest BCUT2D eigenvalue weighted by atomic mass is 32.2. The Labute approximate surface area is 194 Å². The van der Waals surface area contributed by atoms with Crippen LogP contribution in [0.1, 0.15) is 46.1 Å². The molecule has 0 bridgehead atoms. The summed E-state index contributed by atoms with van der Waals surface area (Å²) < 4.78 is 36.4. The van der Waals surface area contributed by atoms with Gasteiger partial charge in [-0.3, -0.25) is 0 Å². The second-order valence-electron chi connectivity index (χ2n) is 9.72. The summed E-state index contributed by atoms with van der Waals surface area (Å²) >= 11 is 0. The number of morpholine rings is 1. The van der Waals surface area contributed by atoms with E-state index < -0.39 is 26.3 Å². The molecule has 2 fully saturated rings. The zero-order valence-corrected chi connectivity index (χ0v) is 20.5. The Bertz CT molecular complexity index is 1150. The van der Waals surface area contributed by atoms with E-state index in [0.29, 0.717) is 55.6 Å². The highest BCUT2D eigenvalue weighted by Gasteiger charge is 2.54. The van der Waals surface area contributed by atoms with Gasteiger partial charge in [0.2, 0.25) is 0 Å². The first-order valence-electron chi connectivity index (χ1n) is 11.0. The van der Waals surface area contributed by atoms with E-state index in [0.717, 1.165) is 4.68 Å². The number of ether oxygens (including phenoxy) is 2. The van der Waals surface area contributed by atoms with Crippen LogP contribution in [0.15, 0.2) is 24.4 Å². The maximum atomic E-state index is 12.6. The van der Waals surface area contributed by atoms with Crippen LogP contribution in [0, 0.1) is 0 Å². The Kier molecular flexibility index (Phi) is 5.90. The number of carbonyl (C=O) groups excluding carboxylic acids is 1. The predicted octanol–water partition coefficient (Wildman–Crippen LogP) is 3.06. The van der Waals surface area contributed by atoms with Gasteiger partial charge in [0.15, 0.2) is 9.84 Å². The van der Waals surface area contributed by atoms with Crippen molar-refractivity contribution in [1.82, 2.24) is 14.8 Å². The number of nitrogens with zero attached hydrogens (tertiary/aromatic N) is 4. The highest BCUT2D eigenvalue weighted by Crippen LogP contribution is 2.53. The number of carbonyl (C=O) groups is 1. The Morgan fingerprint density at radius 1 is 1.30 bits per heavy atom. The van der Waals surface area contributed by atoms with Crippen molar-refractivity contribution in [3.63, 3.8) is 0 Å². The third kappa shape index (κ3) is 4.84. The topological polar surface area (TPSA) is 116 Å². The summed E-state index contributed by atoms with van der Waals surface area (Å²) in [6.07, 6.45) is 3.29. The van der Waals surface area contributed by atoms with E-state index in [1.807, 2.05) is 13.0 Å². The van der Waals surface area contributed by atoms with Gasteiger partial charge in [0.05, 0.1) is 30.2 Å². The average molecular weight is 478 g/mol. The quantitative estimate of drug-likeness (QED) is 0.693. The van der Waals surface area contributed by atoms with E-state index in [-0.39, 0.29) is 6.04 Å². The molecule has 2 aromatic heterocycles. The van der Waals surface area contributed by atoms with Crippen LogP contribution in [-0.2, 0) is 24.1 Å². The first-order valence-corrected chi connectivity index (χ1v) is 12.9. The van der Waals surface area contributed by atoms with Gasteiger partial charge in [-0.15, -0.1) is 4.68 Å². The summed E-state index contributed by atoms with van der Waals surface area (Å²) in [5, 5.41) is 7.21. The molecule has 180 valence electrons. The summed E-state index contributed by atoms with van der Waals surface area (Å²) in [4.78, 5) is 19.4. The number of rotatable bonds is 5. The molecule has 10 nitrogen and oxygen atoms in total. The summed E-state index contributed by atoms with van der Waals surface area (Å²) in [5.74, 6) is 1.48. The van der Waals surface area contributed by atoms with Crippen molar-refractivity contribution >= 4 is 33.4 Å². The molecule has 1 unspecified atom stereocenters. The molecular weight excluding hydrogens is 446 g/mol. The van der Waals surface area contributed by atoms with Gasteiger partial charge < -0.3 is 19.7 Å². The smallest absolute Gasteiger partial charge is 0.437 e. The molecule has 2 aliphatic rings. The van der Waals surface area contributed by atoms with Crippen molar-refractivity contribution in [2.75, 3.05) is 36.2 Å². The minimum atomic E-state index is -3.32. The minimum Gasteiger partial charge on any atom is -0.442 e. The molecule has 1 aliphatic heterocycles. The van der Waals surface area contributed by atoms with Gasteiger partial charge in [-0.1, -0.05) is 0 Å². The molecule has 11 heteroatoms.